The van der Waals surface area contributed by atoms with Gasteiger partial charge >= 0.3 is 0 Å². The van der Waals surface area contributed by atoms with Crippen molar-refractivity contribution in [3.05, 3.63) is 59.2 Å². The lowest BCUT2D eigenvalue weighted by Gasteiger charge is -2.18. The van der Waals surface area contributed by atoms with E-state index < -0.39 is 0 Å². The lowest BCUT2D eigenvalue weighted by Crippen LogP contribution is -2.16. The van der Waals surface area contributed by atoms with Gasteiger partial charge in [-0.2, -0.15) is 0 Å². The van der Waals surface area contributed by atoms with Gasteiger partial charge in [-0.25, -0.2) is 0 Å². The van der Waals surface area contributed by atoms with Gasteiger partial charge in [0.2, 0.25) is 0 Å². The third-order valence-corrected chi connectivity index (χ3v) is 3.59. The zero-order valence-corrected chi connectivity index (χ0v) is 12.0. The molecule has 20 heavy (non-hydrogen) atoms. The molecule has 3 N–H and O–H groups in total. The van der Waals surface area contributed by atoms with Gasteiger partial charge in [0.1, 0.15) is 11.5 Å². The van der Waals surface area contributed by atoms with Gasteiger partial charge in [0.15, 0.2) is 0 Å². The molecule has 0 radical (unpaired) electrons. The summed E-state index contributed by atoms with van der Waals surface area (Å²) in [7, 11) is 1.67. The van der Waals surface area contributed by atoms with E-state index in [0.717, 1.165) is 17.7 Å². The Balaban J connectivity index is 2.24. The van der Waals surface area contributed by atoms with Gasteiger partial charge in [-0.1, -0.05) is 18.2 Å². The summed E-state index contributed by atoms with van der Waals surface area (Å²) in [6.07, 6.45) is 0.818. The van der Waals surface area contributed by atoms with Crippen LogP contribution in [0.5, 0.6) is 11.5 Å². The van der Waals surface area contributed by atoms with Crippen LogP contribution in [-0.2, 0) is 6.42 Å². The number of hydrogen-bond acceptors (Lipinski definition) is 3. The van der Waals surface area contributed by atoms with E-state index in [1.807, 2.05) is 24.3 Å². The minimum absolute atomic E-state index is 0.239. The van der Waals surface area contributed by atoms with Gasteiger partial charge in [-0.3, -0.25) is 0 Å². The van der Waals surface area contributed by atoms with Crippen LogP contribution in [0.4, 0.5) is 0 Å². The van der Waals surface area contributed by atoms with E-state index in [4.69, 9.17) is 10.5 Å². The molecular formula is C17H21NO2. The first-order valence-electron chi connectivity index (χ1n) is 6.76. The molecule has 2 aromatic carbocycles. The summed E-state index contributed by atoms with van der Waals surface area (Å²) in [6, 6.07) is 13.4. The molecule has 0 bridgehead atoms. The number of hydrogen-bond donors (Lipinski definition) is 2. The predicted octanol–water partition coefficient (Wildman–Crippen LogP) is 2.99. The molecule has 0 aliphatic rings. The van der Waals surface area contributed by atoms with Crippen molar-refractivity contribution >= 4 is 0 Å². The van der Waals surface area contributed by atoms with Gasteiger partial charge in [0.25, 0.3) is 0 Å². The fraction of sp³-hybridized carbons (Fsp3) is 0.294. The van der Waals surface area contributed by atoms with Crippen molar-refractivity contribution in [2.75, 3.05) is 13.7 Å². The van der Waals surface area contributed by atoms with Crippen LogP contribution in [0.1, 0.15) is 22.6 Å². The Kier molecular flexibility index (Phi) is 4.64. The highest BCUT2D eigenvalue weighted by Crippen LogP contribution is 2.27. The third-order valence-electron chi connectivity index (χ3n) is 3.59. The first-order valence-corrected chi connectivity index (χ1v) is 6.76. The minimum Gasteiger partial charge on any atom is -0.508 e. The van der Waals surface area contributed by atoms with Crippen LogP contribution in [0.3, 0.4) is 0 Å². The first kappa shape index (κ1) is 14.4. The molecule has 0 aliphatic heterocycles. The molecule has 0 amide bonds. The van der Waals surface area contributed by atoms with E-state index in [2.05, 4.69) is 13.0 Å². The summed E-state index contributed by atoms with van der Waals surface area (Å²) >= 11 is 0. The van der Waals surface area contributed by atoms with Crippen LogP contribution in [0.15, 0.2) is 42.5 Å². The van der Waals surface area contributed by atoms with Crippen molar-refractivity contribution < 1.29 is 9.84 Å². The average Bonchev–Trinajstić information content (AvgIpc) is 2.45. The van der Waals surface area contributed by atoms with Crippen LogP contribution in [0, 0.1) is 6.92 Å². The lowest BCUT2D eigenvalue weighted by atomic mass is 9.89. The smallest absolute Gasteiger partial charge is 0.119 e. The maximum Gasteiger partial charge on any atom is 0.119 e. The Morgan fingerprint density at radius 3 is 2.60 bits per heavy atom. The van der Waals surface area contributed by atoms with Crippen LogP contribution in [0.25, 0.3) is 0 Å². The Hall–Kier alpha value is -2.00. The van der Waals surface area contributed by atoms with Crippen molar-refractivity contribution in [3.8, 4) is 11.5 Å². The molecule has 2 rings (SSSR count). The number of methoxy groups -OCH3 is 1. The topological polar surface area (TPSA) is 55.5 Å². The van der Waals surface area contributed by atoms with Gasteiger partial charge in [-0.05, 0) is 60.8 Å². The number of nitrogens with two attached hydrogens (primary N) is 1. The Bertz CT molecular complexity index is 581. The Labute approximate surface area is 120 Å². The molecule has 2 aromatic rings. The molecule has 0 fully saturated rings. The monoisotopic (exact) mass is 271 g/mol. The number of rotatable bonds is 5. The van der Waals surface area contributed by atoms with Crippen LogP contribution < -0.4 is 10.5 Å². The molecule has 0 aliphatic carbocycles. The summed E-state index contributed by atoms with van der Waals surface area (Å²) in [5.41, 5.74) is 9.44. The van der Waals surface area contributed by atoms with Crippen LogP contribution in [0.2, 0.25) is 0 Å². The zero-order chi connectivity index (χ0) is 14.5. The molecule has 0 aromatic heterocycles. The lowest BCUT2D eigenvalue weighted by molar-refractivity contribution is 0.414. The first-order chi connectivity index (χ1) is 9.63. The highest BCUT2D eigenvalue weighted by Gasteiger charge is 2.14. The normalized spacial score (nSPS) is 12.2. The van der Waals surface area contributed by atoms with Crippen LogP contribution in [-0.4, -0.2) is 18.8 Å². The molecule has 106 valence electrons. The summed E-state index contributed by atoms with van der Waals surface area (Å²) in [5.74, 6) is 1.40. The zero-order valence-electron chi connectivity index (χ0n) is 12.0. The quantitative estimate of drug-likeness (QED) is 0.879. The maximum absolute atomic E-state index is 9.54. The molecule has 0 saturated carbocycles. The van der Waals surface area contributed by atoms with Crippen molar-refractivity contribution in [2.45, 2.75) is 19.3 Å². The van der Waals surface area contributed by atoms with Crippen LogP contribution >= 0.6 is 0 Å². The van der Waals surface area contributed by atoms with E-state index in [9.17, 15) is 5.11 Å². The Morgan fingerprint density at radius 2 is 2.00 bits per heavy atom. The highest BCUT2D eigenvalue weighted by molar-refractivity contribution is 5.38. The van der Waals surface area contributed by atoms with E-state index >= 15 is 0 Å². The second kappa shape index (κ2) is 6.44. The molecule has 3 nitrogen and oxygen atoms in total. The van der Waals surface area contributed by atoms with E-state index in [1.165, 1.54) is 11.1 Å². The van der Waals surface area contributed by atoms with Crippen molar-refractivity contribution in [3.63, 3.8) is 0 Å². The molecule has 0 saturated heterocycles. The standard InChI is InChI=1S/C17H21NO2/c1-12-8-16(20-2)6-7-17(12)14(11-18)9-13-4-3-5-15(19)10-13/h3-8,10,14,19H,9,11,18H2,1-2H3. The third kappa shape index (κ3) is 3.31. The number of ether oxygens (including phenoxy) is 1. The average molecular weight is 271 g/mol. The molecule has 3 heteroatoms. The largest absolute Gasteiger partial charge is 0.508 e. The highest BCUT2D eigenvalue weighted by atomic mass is 16.5. The maximum atomic E-state index is 9.54. The number of aryl methyl sites for hydroxylation is 1. The SMILES string of the molecule is COc1ccc(C(CN)Cc2cccc(O)c2)c(C)c1. The van der Waals surface area contributed by atoms with E-state index in [0.29, 0.717) is 12.3 Å². The van der Waals surface area contributed by atoms with Gasteiger partial charge in [0.05, 0.1) is 7.11 Å². The fourth-order valence-electron chi connectivity index (χ4n) is 2.52. The molecule has 0 heterocycles. The number of aromatic hydroxyl groups is 1. The summed E-state index contributed by atoms with van der Waals surface area (Å²) in [6.45, 7) is 2.64. The second-order valence-electron chi connectivity index (χ2n) is 5.03. The van der Waals surface area contributed by atoms with Crippen molar-refractivity contribution in [1.29, 1.82) is 0 Å². The fourth-order valence-corrected chi connectivity index (χ4v) is 2.52. The molecular weight excluding hydrogens is 250 g/mol. The number of benzene rings is 2. The second-order valence-corrected chi connectivity index (χ2v) is 5.03. The van der Waals surface area contributed by atoms with Gasteiger partial charge in [-0.15, -0.1) is 0 Å². The number of phenols is 1. The van der Waals surface area contributed by atoms with E-state index in [1.54, 1.807) is 19.2 Å². The summed E-state index contributed by atoms with van der Waals surface area (Å²) < 4.78 is 5.23. The molecule has 0 spiro atoms. The number of phenolic OH excluding ortho intramolecular Hbond substituents is 1. The summed E-state index contributed by atoms with van der Waals surface area (Å²) in [5, 5.41) is 9.54. The predicted molar refractivity (Wildman–Crippen MR) is 81.3 cm³/mol. The minimum atomic E-state index is 0.239. The van der Waals surface area contributed by atoms with Gasteiger partial charge < -0.3 is 15.6 Å². The molecule has 1 unspecified atom stereocenters. The van der Waals surface area contributed by atoms with Crippen molar-refractivity contribution in [2.24, 2.45) is 5.73 Å². The molecule has 1 atom stereocenters. The summed E-state index contributed by atoms with van der Waals surface area (Å²) in [4.78, 5) is 0. The Morgan fingerprint density at radius 1 is 1.20 bits per heavy atom. The van der Waals surface area contributed by atoms with Crippen molar-refractivity contribution in [1.82, 2.24) is 0 Å². The van der Waals surface area contributed by atoms with Gasteiger partial charge in [0, 0.05) is 5.92 Å². The van der Waals surface area contributed by atoms with E-state index in [-0.39, 0.29) is 5.92 Å².